The number of nitrogens with one attached hydrogen (secondary N) is 3. The van der Waals surface area contributed by atoms with Gasteiger partial charge in [0.2, 0.25) is 0 Å². The van der Waals surface area contributed by atoms with Gasteiger partial charge in [0, 0.05) is 30.4 Å². The van der Waals surface area contributed by atoms with Gasteiger partial charge in [-0.05, 0) is 83.9 Å². The summed E-state index contributed by atoms with van der Waals surface area (Å²) in [6.45, 7) is 12.5. The Kier molecular flexibility index (Phi) is 9.70. The summed E-state index contributed by atoms with van der Waals surface area (Å²) in [4.78, 5) is 54.2. The molecule has 2 amide bonds. The second-order valence-electron chi connectivity index (χ2n) is 11.3. The van der Waals surface area contributed by atoms with Crippen LogP contribution in [-0.2, 0) is 6.42 Å². The van der Waals surface area contributed by atoms with Crippen molar-refractivity contribution < 1.29 is 4.79 Å². The summed E-state index contributed by atoms with van der Waals surface area (Å²) in [5.41, 5.74) is 4.02. The van der Waals surface area contributed by atoms with Crippen LogP contribution in [0.4, 0.5) is 10.5 Å². The predicted molar refractivity (Wildman–Crippen MR) is 173 cm³/mol. The summed E-state index contributed by atoms with van der Waals surface area (Å²) >= 11 is 0. The molecule has 1 aliphatic rings. The Morgan fingerprint density at radius 2 is 1.19 bits per heavy atom. The first-order valence-corrected chi connectivity index (χ1v) is 14.6. The first-order valence-electron chi connectivity index (χ1n) is 14.6. The average Bonchev–Trinajstić information content (AvgIpc) is 3.20. The predicted octanol–water partition coefficient (Wildman–Crippen LogP) is 5.67. The quantitative estimate of drug-likeness (QED) is 0.253. The van der Waals surface area contributed by atoms with Gasteiger partial charge in [0.25, 0.3) is 5.56 Å². The van der Waals surface area contributed by atoms with Crippen LogP contribution in [0.2, 0.25) is 0 Å². The molecule has 0 aliphatic carbocycles. The van der Waals surface area contributed by atoms with Crippen molar-refractivity contribution in [1.82, 2.24) is 24.0 Å². The molecule has 0 spiro atoms. The van der Waals surface area contributed by atoms with E-state index in [1.807, 2.05) is 88.9 Å². The third kappa shape index (κ3) is 6.97. The number of H-pyrrole nitrogens is 2. The molecule has 3 N–H and O–H groups in total. The second kappa shape index (κ2) is 13.4. The Hall–Kier alpha value is -4.86. The highest BCUT2D eigenvalue weighted by Gasteiger charge is 2.21. The van der Waals surface area contributed by atoms with Crippen molar-refractivity contribution in [2.45, 2.75) is 66.1 Å². The van der Waals surface area contributed by atoms with Gasteiger partial charge in [0.05, 0.1) is 21.9 Å². The maximum Gasteiger partial charge on any atom is 0.329 e. The van der Waals surface area contributed by atoms with Crippen molar-refractivity contribution in [3.63, 3.8) is 0 Å². The minimum atomic E-state index is -0.353. The Balaban J connectivity index is 0.000000148. The molecular formula is C33H40N6O4. The van der Waals surface area contributed by atoms with Crippen molar-refractivity contribution in [2.24, 2.45) is 0 Å². The molecule has 1 aliphatic heterocycles. The number of urea groups is 1. The van der Waals surface area contributed by atoms with E-state index in [-0.39, 0.29) is 41.1 Å². The molecular weight excluding hydrogens is 544 g/mol. The van der Waals surface area contributed by atoms with Crippen LogP contribution in [0.1, 0.15) is 59.2 Å². The van der Waals surface area contributed by atoms with Gasteiger partial charge in [-0.25, -0.2) is 14.4 Å². The molecule has 3 aromatic carbocycles. The number of carbonyl (C=O) groups is 1. The van der Waals surface area contributed by atoms with Crippen LogP contribution in [0.15, 0.2) is 87.2 Å². The zero-order chi connectivity index (χ0) is 31.3. The Morgan fingerprint density at radius 3 is 1.86 bits per heavy atom. The summed E-state index contributed by atoms with van der Waals surface area (Å²) < 4.78 is 2.98. The van der Waals surface area contributed by atoms with E-state index >= 15 is 0 Å². The van der Waals surface area contributed by atoms with E-state index in [9.17, 15) is 19.2 Å². The number of nitrogens with zero attached hydrogens (tertiary/aromatic N) is 3. The van der Waals surface area contributed by atoms with E-state index in [1.165, 1.54) is 10.1 Å². The van der Waals surface area contributed by atoms with Gasteiger partial charge in [-0.2, -0.15) is 0 Å². The molecule has 2 aromatic heterocycles. The highest BCUT2D eigenvalue weighted by Crippen LogP contribution is 2.20. The lowest BCUT2D eigenvalue weighted by atomic mass is 10.1. The van der Waals surface area contributed by atoms with E-state index < -0.39 is 0 Å². The monoisotopic (exact) mass is 584 g/mol. The maximum atomic E-state index is 11.9. The van der Waals surface area contributed by atoms with Crippen LogP contribution < -0.4 is 22.3 Å². The molecule has 10 nitrogen and oxygen atoms in total. The Bertz CT molecular complexity index is 1890. The molecule has 10 heteroatoms. The molecule has 226 valence electrons. The molecule has 0 atom stereocenters. The number of hydrogen-bond acceptors (Lipinski definition) is 4. The van der Waals surface area contributed by atoms with E-state index in [1.54, 1.807) is 28.8 Å². The number of aromatic nitrogens is 4. The fourth-order valence-corrected chi connectivity index (χ4v) is 5.11. The third-order valence-corrected chi connectivity index (χ3v) is 7.26. The van der Waals surface area contributed by atoms with E-state index in [0.29, 0.717) is 10.9 Å². The third-order valence-electron chi connectivity index (χ3n) is 7.26. The second-order valence-corrected chi connectivity index (χ2v) is 11.3. The van der Waals surface area contributed by atoms with Crippen LogP contribution >= 0.6 is 0 Å². The van der Waals surface area contributed by atoms with Crippen LogP contribution in [0.3, 0.4) is 0 Å². The van der Waals surface area contributed by atoms with E-state index in [2.05, 4.69) is 21.4 Å². The number of benzene rings is 3. The van der Waals surface area contributed by atoms with E-state index in [0.717, 1.165) is 29.7 Å². The number of aromatic amines is 2. The minimum absolute atomic E-state index is 0.00921. The first-order chi connectivity index (χ1) is 20.5. The molecule has 6 rings (SSSR count). The van der Waals surface area contributed by atoms with Crippen LogP contribution in [-0.4, -0.2) is 42.6 Å². The molecule has 5 aromatic rings. The fraction of sp³-hybridized carbons (Fsp3) is 0.333. The maximum absolute atomic E-state index is 11.9. The van der Waals surface area contributed by atoms with E-state index in [4.69, 9.17) is 0 Å². The fourth-order valence-electron chi connectivity index (χ4n) is 5.11. The van der Waals surface area contributed by atoms with Crippen LogP contribution in [0.25, 0.3) is 21.9 Å². The van der Waals surface area contributed by atoms with Crippen molar-refractivity contribution >= 4 is 33.7 Å². The lowest BCUT2D eigenvalue weighted by molar-refractivity contribution is 0.199. The molecule has 0 unspecified atom stereocenters. The minimum Gasteiger partial charge on any atom is -0.322 e. The highest BCUT2D eigenvalue weighted by atomic mass is 16.2. The number of carbonyl (C=O) groups excluding carboxylic acids is 1. The number of amides is 2. The number of imidazole rings is 1. The van der Waals surface area contributed by atoms with Gasteiger partial charge in [-0.3, -0.25) is 13.9 Å². The lowest BCUT2D eigenvalue weighted by Gasteiger charge is -2.24. The number of para-hydroxylation sites is 4. The number of hydrogen-bond donors (Lipinski definition) is 3. The average molecular weight is 585 g/mol. The van der Waals surface area contributed by atoms with Crippen molar-refractivity contribution in [2.75, 3.05) is 11.9 Å². The number of fused-ring (bicyclic) bond motifs is 3. The van der Waals surface area contributed by atoms with Gasteiger partial charge in [0.1, 0.15) is 0 Å². The van der Waals surface area contributed by atoms with Crippen molar-refractivity contribution in [3.8, 4) is 0 Å². The van der Waals surface area contributed by atoms with Gasteiger partial charge in [0.15, 0.2) is 0 Å². The highest BCUT2D eigenvalue weighted by molar-refractivity contribution is 5.91. The summed E-state index contributed by atoms with van der Waals surface area (Å²) in [7, 11) is 0. The first kappa shape index (κ1) is 31.1. The summed E-state index contributed by atoms with van der Waals surface area (Å²) in [6, 6.07) is 23.0. The molecule has 0 fully saturated rings. The van der Waals surface area contributed by atoms with Gasteiger partial charge in [-0.1, -0.05) is 42.5 Å². The van der Waals surface area contributed by atoms with Crippen molar-refractivity contribution in [1.29, 1.82) is 0 Å². The van der Waals surface area contributed by atoms with Gasteiger partial charge in [-0.15, -0.1) is 0 Å². The van der Waals surface area contributed by atoms with Gasteiger partial charge >= 0.3 is 17.4 Å². The molecule has 0 bridgehead atoms. The number of anilines is 1. The van der Waals surface area contributed by atoms with Gasteiger partial charge < -0.3 is 20.2 Å². The Morgan fingerprint density at radius 1 is 0.628 bits per heavy atom. The lowest BCUT2D eigenvalue weighted by Crippen LogP contribution is -2.39. The standard InChI is InChI=1S/C12H16N2O.C11H12N2O2.C10H12N2O/c1-9(2)14-8-7-10-5-3-4-6-11(10)13-12(14)15;1-7(2)13-10(14)8-5-3-4-6-9(8)12-11(13)15;1-7(2)12-9-6-4-3-5-8(9)11-10(12)13/h3-6,9H,7-8H2,1-2H3,(H,13,15);3-7H,1-2H3,(H,12,15);3-7H,1-2H3,(H,11,13). The molecule has 0 saturated carbocycles. The smallest absolute Gasteiger partial charge is 0.322 e. The van der Waals surface area contributed by atoms with Crippen LogP contribution in [0.5, 0.6) is 0 Å². The number of rotatable bonds is 3. The zero-order valence-corrected chi connectivity index (χ0v) is 25.5. The van der Waals surface area contributed by atoms with Crippen LogP contribution in [0, 0.1) is 0 Å². The zero-order valence-electron chi connectivity index (χ0n) is 25.5. The summed E-state index contributed by atoms with van der Waals surface area (Å²) in [6.07, 6.45) is 0.924. The molecule has 0 radical (unpaired) electrons. The molecule has 43 heavy (non-hydrogen) atoms. The summed E-state index contributed by atoms with van der Waals surface area (Å²) in [5.74, 6) is 0. The normalized spacial score (nSPS) is 12.9. The molecule has 3 heterocycles. The SMILES string of the molecule is CC(C)N1CCc2ccccc2NC1=O.CC(C)n1c(=O)[nH]c2ccccc21.CC(C)n1c(=O)[nH]c2ccccc2c1=O. The largest absolute Gasteiger partial charge is 0.329 e. The molecule has 0 saturated heterocycles. The summed E-state index contributed by atoms with van der Waals surface area (Å²) in [5, 5.41) is 3.49. The topological polar surface area (TPSA) is 125 Å². The van der Waals surface area contributed by atoms with Crippen molar-refractivity contribution in [3.05, 3.63) is 110 Å². The Labute approximate surface area is 250 Å².